The van der Waals surface area contributed by atoms with Crippen molar-refractivity contribution in [3.05, 3.63) is 62.7 Å². The van der Waals surface area contributed by atoms with E-state index in [2.05, 4.69) is 27.3 Å². The molecule has 1 unspecified atom stereocenters. The molecular formula is C39H42N4O9S. The Morgan fingerprint density at radius 1 is 1.00 bits per heavy atom. The number of benzene rings is 3. The van der Waals surface area contributed by atoms with Gasteiger partial charge in [-0.05, 0) is 68.1 Å². The number of hydrogen-bond donors (Lipinski definition) is 3. The van der Waals surface area contributed by atoms with Gasteiger partial charge in [0.1, 0.15) is 18.4 Å². The molecule has 0 radical (unpaired) electrons. The lowest BCUT2D eigenvalue weighted by Gasteiger charge is -2.62. The monoisotopic (exact) mass is 742 g/mol. The smallest absolute Gasteiger partial charge is 0.331 e. The highest BCUT2D eigenvalue weighted by atomic mass is 32.2. The molecule has 278 valence electrons. The normalized spacial score (nSPS) is 29.6. The molecule has 3 aromatic carbocycles. The third-order valence-corrected chi connectivity index (χ3v) is 13.9. The molecule has 3 N–H and O–H groups in total. The SMILES string of the molecule is COc1cc2c(cc1O)CCN[C@]21CS[C@@H]2c3c(OC)c(C)c4c(c3[C@H](COC1=O)N1C2[C@H]2c3c(cc(C)c(OC)c3O)C[C@@H]([C@@H]1C#N)N2C)OCO4. The fourth-order valence-corrected chi connectivity index (χ4v) is 11.9. The largest absolute Gasteiger partial charge is 0.504 e. The predicted molar refractivity (Wildman–Crippen MR) is 193 cm³/mol. The fraction of sp³-hybridized carbons (Fsp3) is 0.487. The Bertz CT molecular complexity index is 2120. The summed E-state index contributed by atoms with van der Waals surface area (Å²) in [6, 6.07) is 5.88. The highest BCUT2D eigenvalue weighted by Crippen LogP contribution is 2.64. The summed E-state index contributed by atoms with van der Waals surface area (Å²) in [5, 5.41) is 37.0. The van der Waals surface area contributed by atoms with Gasteiger partial charge < -0.3 is 38.6 Å². The van der Waals surface area contributed by atoms with Crippen molar-refractivity contribution in [2.24, 2.45) is 0 Å². The maximum absolute atomic E-state index is 14.7. The lowest BCUT2D eigenvalue weighted by molar-refractivity contribution is -0.157. The molecule has 0 saturated carbocycles. The first-order valence-electron chi connectivity index (χ1n) is 17.8. The Kier molecular flexibility index (Phi) is 7.91. The maximum Gasteiger partial charge on any atom is 0.331 e. The van der Waals surface area contributed by atoms with E-state index in [1.165, 1.54) is 7.11 Å². The topological polar surface area (TPSA) is 155 Å². The van der Waals surface area contributed by atoms with Crippen LogP contribution in [0.2, 0.25) is 0 Å². The summed E-state index contributed by atoms with van der Waals surface area (Å²) in [7, 11) is 6.73. The number of esters is 1. The van der Waals surface area contributed by atoms with Crippen LogP contribution in [-0.4, -0.2) is 98.2 Å². The predicted octanol–water partition coefficient (Wildman–Crippen LogP) is 4.07. The van der Waals surface area contributed by atoms with E-state index in [0.29, 0.717) is 47.9 Å². The zero-order chi connectivity index (χ0) is 37.1. The van der Waals surface area contributed by atoms with Crippen LogP contribution in [0, 0.1) is 25.2 Å². The standard InChI is InChI=1S/C39H42N4O9S/c1-17-9-20-10-22-23(13-40)43-24-14-50-38(46)39(21-12-26(47-4)25(44)11-19(21)7-8-41-39)15-53-37(31(43)30(42(22)3)27(20)32(45)33(17)48-5)29-28(24)36-35(51-16-52-36)18(2)34(29)49-6/h9,11-12,22-24,30-31,37,41,44-45H,7-8,10,14-16H2,1-6H3/t22-,23-,24-,30+,31?,37+,39+/m0/s1. The van der Waals surface area contributed by atoms with Gasteiger partial charge in [-0.2, -0.15) is 5.26 Å². The first kappa shape index (κ1) is 34.2. The number of nitrogens with zero attached hydrogens (tertiary/aromatic N) is 3. The van der Waals surface area contributed by atoms with Gasteiger partial charge in [0.05, 0.1) is 44.7 Å². The quantitative estimate of drug-likeness (QED) is 0.330. The Hall–Kier alpha value is -4.55. The molecular weight excluding hydrogens is 701 g/mol. The molecule has 7 atom stereocenters. The number of thioether (sulfide) groups is 1. The number of phenols is 2. The minimum Gasteiger partial charge on any atom is -0.504 e. The number of nitrogens with one attached hydrogen (secondary N) is 1. The number of nitriles is 1. The van der Waals surface area contributed by atoms with E-state index >= 15 is 0 Å². The highest BCUT2D eigenvalue weighted by molar-refractivity contribution is 7.99. The molecule has 53 heavy (non-hydrogen) atoms. The summed E-state index contributed by atoms with van der Waals surface area (Å²) < 4.78 is 36.3. The second-order valence-electron chi connectivity index (χ2n) is 14.7. The zero-order valence-electron chi connectivity index (χ0n) is 30.4. The number of likely N-dealkylation sites (N-methyl/N-ethyl adjacent to an activating group) is 1. The van der Waals surface area contributed by atoms with Crippen molar-refractivity contribution >= 4 is 17.7 Å². The number of aromatic hydroxyl groups is 2. The van der Waals surface area contributed by atoms with Crippen LogP contribution in [0.5, 0.6) is 40.2 Å². The number of ether oxygens (including phenoxy) is 6. The van der Waals surface area contributed by atoms with E-state index in [1.807, 2.05) is 20.9 Å². The van der Waals surface area contributed by atoms with Crippen LogP contribution < -0.4 is 29.0 Å². The summed E-state index contributed by atoms with van der Waals surface area (Å²) in [5.41, 5.74) is 5.29. The molecule has 0 aromatic heterocycles. The first-order chi connectivity index (χ1) is 25.6. The van der Waals surface area contributed by atoms with Crippen LogP contribution in [0.3, 0.4) is 0 Å². The Labute approximate surface area is 311 Å². The lowest BCUT2D eigenvalue weighted by Crippen LogP contribution is -2.69. The summed E-state index contributed by atoms with van der Waals surface area (Å²) in [5.74, 6) is 2.36. The number of rotatable bonds is 3. The number of fused-ring (bicyclic) bond motifs is 9. The highest BCUT2D eigenvalue weighted by Gasteiger charge is 2.61. The van der Waals surface area contributed by atoms with E-state index in [1.54, 1.807) is 38.1 Å². The van der Waals surface area contributed by atoms with Crippen LogP contribution in [0.1, 0.15) is 61.8 Å². The van der Waals surface area contributed by atoms with Crippen molar-refractivity contribution < 1.29 is 43.4 Å². The van der Waals surface area contributed by atoms with Crippen LogP contribution in [0.15, 0.2) is 18.2 Å². The number of piperazine rings is 1. The van der Waals surface area contributed by atoms with Crippen molar-refractivity contribution in [3.63, 3.8) is 0 Å². The number of aryl methyl sites for hydroxylation is 1. The third-order valence-electron chi connectivity index (χ3n) is 12.4. The molecule has 7 aliphatic heterocycles. The second kappa shape index (κ2) is 12.2. The molecule has 4 bridgehead atoms. The third kappa shape index (κ3) is 4.51. The van der Waals surface area contributed by atoms with Gasteiger partial charge in [0, 0.05) is 46.6 Å². The van der Waals surface area contributed by atoms with E-state index in [-0.39, 0.29) is 48.5 Å². The van der Waals surface area contributed by atoms with Crippen molar-refractivity contribution in [1.82, 2.24) is 15.1 Å². The number of carbonyl (C=O) groups excluding carboxylic acids is 1. The van der Waals surface area contributed by atoms with Crippen molar-refractivity contribution in [1.29, 1.82) is 5.26 Å². The van der Waals surface area contributed by atoms with Crippen LogP contribution in [0.25, 0.3) is 0 Å². The number of methoxy groups -OCH3 is 3. The first-order valence-corrected chi connectivity index (χ1v) is 18.9. The zero-order valence-corrected chi connectivity index (χ0v) is 31.3. The van der Waals surface area contributed by atoms with Crippen LogP contribution in [0.4, 0.5) is 0 Å². The van der Waals surface area contributed by atoms with Gasteiger partial charge in [-0.3, -0.25) is 15.1 Å². The molecule has 2 saturated heterocycles. The summed E-state index contributed by atoms with van der Waals surface area (Å²) in [4.78, 5) is 19.2. The maximum atomic E-state index is 14.7. The molecule has 13 nitrogen and oxygen atoms in total. The molecule has 7 heterocycles. The molecule has 2 fully saturated rings. The Morgan fingerprint density at radius 3 is 2.51 bits per heavy atom. The van der Waals surface area contributed by atoms with Gasteiger partial charge in [-0.25, -0.2) is 4.79 Å². The fourth-order valence-electron chi connectivity index (χ4n) is 10.2. The average Bonchev–Trinajstić information content (AvgIpc) is 3.64. The second-order valence-corrected chi connectivity index (χ2v) is 15.8. The van der Waals surface area contributed by atoms with Gasteiger partial charge >= 0.3 is 5.97 Å². The summed E-state index contributed by atoms with van der Waals surface area (Å²) in [6.07, 6.45) is 1.14. The van der Waals surface area contributed by atoms with Gasteiger partial charge in [-0.15, -0.1) is 11.8 Å². The van der Waals surface area contributed by atoms with Crippen LogP contribution >= 0.6 is 11.8 Å². The molecule has 0 aliphatic carbocycles. The van der Waals surface area contributed by atoms with Gasteiger partial charge in [0.2, 0.25) is 6.79 Å². The molecule has 3 aromatic rings. The van der Waals surface area contributed by atoms with Gasteiger partial charge in [0.15, 0.2) is 40.0 Å². The number of carbonyl (C=O) groups is 1. The minimum atomic E-state index is -1.29. The van der Waals surface area contributed by atoms with Crippen molar-refractivity contribution in [3.8, 4) is 46.3 Å². The van der Waals surface area contributed by atoms with Crippen LogP contribution in [-0.2, 0) is 27.9 Å². The van der Waals surface area contributed by atoms with Crippen molar-refractivity contribution in [2.45, 2.75) is 67.7 Å². The summed E-state index contributed by atoms with van der Waals surface area (Å²) in [6.45, 7) is 4.30. The van der Waals surface area contributed by atoms with E-state index < -0.39 is 34.9 Å². The average molecular weight is 743 g/mol. The molecule has 10 rings (SSSR count). The van der Waals surface area contributed by atoms with E-state index in [9.17, 15) is 20.3 Å². The molecule has 7 aliphatic rings. The number of phenolic OH excluding ortho intramolecular Hbond substituents is 2. The van der Waals surface area contributed by atoms with Crippen molar-refractivity contribution in [2.75, 3.05) is 54.1 Å². The summed E-state index contributed by atoms with van der Waals surface area (Å²) >= 11 is 1.58. The van der Waals surface area contributed by atoms with Gasteiger partial charge in [0.25, 0.3) is 0 Å². The molecule has 0 amide bonds. The van der Waals surface area contributed by atoms with E-state index in [0.717, 1.165) is 38.9 Å². The number of hydrogen-bond acceptors (Lipinski definition) is 14. The minimum absolute atomic E-state index is 0.00729. The molecule has 14 heteroatoms. The lowest BCUT2D eigenvalue weighted by atomic mass is 9.71. The molecule has 1 spiro atoms. The Morgan fingerprint density at radius 2 is 1.77 bits per heavy atom. The Balaban J connectivity index is 1.32. The van der Waals surface area contributed by atoms with E-state index in [4.69, 9.17) is 28.4 Å². The van der Waals surface area contributed by atoms with Gasteiger partial charge in [-0.1, -0.05) is 6.07 Å².